The second-order valence-electron chi connectivity index (χ2n) is 3.29. The zero-order chi connectivity index (χ0) is 9.26. The topological polar surface area (TPSA) is 34.1 Å². The highest BCUT2D eigenvalue weighted by atomic mass is 16.2. The molecule has 0 radical (unpaired) electrons. The van der Waals surface area contributed by atoms with Gasteiger partial charge >= 0.3 is 0 Å². The molecule has 1 atom stereocenters. The third-order valence-electron chi connectivity index (χ3n) is 2.44. The predicted octanol–water partition coefficient (Wildman–Crippen LogP) is 1.85. The highest BCUT2D eigenvalue weighted by Crippen LogP contribution is 2.25. The number of hydrogen-bond donors (Lipinski definition) is 0. The highest BCUT2D eigenvalue weighted by molar-refractivity contribution is 6.13. The van der Waals surface area contributed by atoms with E-state index in [1.54, 1.807) is 12.1 Å². The zero-order valence-electron chi connectivity index (χ0n) is 7.19. The Labute approximate surface area is 76.6 Å². The van der Waals surface area contributed by atoms with Crippen LogP contribution in [0.2, 0.25) is 0 Å². The molecule has 1 aromatic carbocycles. The summed E-state index contributed by atoms with van der Waals surface area (Å²) in [6.07, 6.45) is 1.30. The number of carbonyl (C=O) groups is 2. The van der Waals surface area contributed by atoms with Crippen molar-refractivity contribution in [3.8, 4) is 0 Å². The quantitative estimate of drug-likeness (QED) is 0.506. The molecule has 0 heterocycles. The van der Waals surface area contributed by atoms with Crippen LogP contribution in [0.25, 0.3) is 0 Å². The van der Waals surface area contributed by atoms with Gasteiger partial charge in [0.25, 0.3) is 0 Å². The maximum atomic E-state index is 11.6. The molecule has 0 saturated heterocycles. The van der Waals surface area contributed by atoms with Crippen molar-refractivity contribution >= 4 is 11.6 Å². The van der Waals surface area contributed by atoms with Gasteiger partial charge in [0.2, 0.25) is 0 Å². The van der Waals surface area contributed by atoms with E-state index in [0.717, 1.165) is 6.42 Å². The molecule has 1 fully saturated rings. The monoisotopic (exact) mass is 174 g/mol. The van der Waals surface area contributed by atoms with Crippen molar-refractivity contribution in [1.29, 1.82) is 0 Å². The van der Waals surface area contributed by atoms with Crippen LogP contribution in [-0.4, -0.2) is 11.6 Å². The molecule has 0 N–H and O–H groups in total. The first-order chi connectivity index (χ1) is 6.29. The van der Waals surface area contributed by atoms with Crippen molar-refractivity contribution in [2.75, 3.05) is 0 Å². The number of carbonyl (C=O) groups excluding carboxylic acids is 2. The molecule has 1 aliphatic rings. The van der Waals surface area contributed by atoms with Gasteiger partial charge in [0.05, 0.1) is 5.92 Å². The van der Waals surface area contributed by atoms with Gasteiger partial charge in [0.15, 0.2) is 5.78 Å². The summed E-state index contributed by atoms with van der Waals surface area (Å²) in [5, 5.41) is 0. The van der Waals surface area contributed by atoms with Crippen molar-refractivity contribution < 1.29 is 9.59 Å². The maximum Gasteiger partial charge on any atom is 0.173 e. The van der Waals surface area contributed by atoms with Crippen molar-refractivity contribution in [1.82, 2.24) is 0 Å². The lowest BCUT2D eigenvalue weighted by Crippen LogP contribution is -2.32. The van der Waals surface area contributed by atoms with Crippen LogP contribution in [0, 0.1) is 5.92 Å². The van der Waals surface area contributed by atoms with E-state index in [9.17, 15) is 9.59 Å². The van der Waals surface area contributed by atoms with Crippen molar-refractivity contribution in [3.63, 3.8) is 0 Å². The average Bonchev–Trinajstić information content (AvgIpc) is 2.17. The summed E-state index contributed by atoms with van der Waals surface area (Å²) in [5.74, 6) is -0.270. The fourth-order valence-electron chi connectivity index (χ4n) is 1.49. The smallest absolute Gasteiger partial charge is 0.173 e. The van der Waals surface area contributed by atoms with Crippen LogP contribution in [-0.2, 0) is 4.79 Å². The minimum Gasteiger partial charge on any atom is -0.299 e. The third kappa shape index (κ3) is 1.39. The van der Waals surface area contributed by atoms with Gasteiger partial charge in [-0.1, -0.05) is 30.3 Å². The summed E-state index contributed by atoms with van der Waals surface area (Å²) < 4.78 is 0. The Hall–Kier alpha value is -1.44. The minimum absolute atomic E-state index is 0.0168. The summed E-state index contributed by atoms with van der Waals surface area (Å²) in [5.41, 5.74) is 0.653. The number of hydrogen-bond acceptors (Lipinski definition) is 2. The highest BCUT2D eigenvalue weighted by Gasteiger charge is 2.34. The molecule has 1 aliphatic carbocycles. The molecule has 0 spiro atoms. The van der Waals surface area contributed by atoms with Gasteiger partial charge in [-0.25, -0.2) is 0 Å². The predicted molar refractivity (Wildman–Crippen MR) is 48.5 cm³/mol. The summed E-state index contributed by atoms with van der Waals surface area (Å²) in [6, 6.07) is 9.01. The van der Waals surface area contributed by atoms with E-state index in [-0.39, 0.29) is 17.5 Å². The second kappa shape index (κ2) is 3.13. The average molecular weight is 174 g/mol. The summed E-state index contributed by atoms with van der Waals surface area (Å²) in [7, 11) is 0. The number of rotatable bonds is 2. The van der Waals surface area contributed by atoms with Gasteiger partial charge in [0, 0.05) is 12.0 Å². The Kier molecular flexibility index (Phi) is 1.97. The van der Waals surface area contributed by atoms with Gasteiger partial charge in [-0.05, 0) is 6.42 Å². The van der Waals surface area contributed by atoms with E-state index in [4.69, 9.17) is 0 Å². The number of ketones is 2. The lowest BCUT2D eigenvalue weighted by Gasteiger charge is -2.22. The Bertz CT molecular complexity index is 340. The molecule has 1 saturated carbocycles. The Morgan fingerprint density at radius 1 is 1.23 bits per heavy atom. The van der Waals surface area contributed by atoms with E-state index in [2.05, 4.69) is 0 Å². The van der Waals surface area contributed by atoms with E-state index >= 15 is 0 Å². The molecule has 2 nitrogen and oxygen atoms in total. The van der Waals surface area contributed by atoms with Gasteiger partial charge in [0.1, 0.15) is 5.78 Å². The van der Waals surface area contributed by atoms with Crippen molar-refractivity contribution in [2.24, 2.45) is 5.92 Å². The summed E-state index contributed by atoms with van der Waals surface area (Å²) in [6.45, 7) is 0. The first kappa shape index (κ1) is 8.17. The lowest BCUT2D eigenvalue weighted by molar-refractivity contribution is -0.127. The van der Waals surface area contributed by atoms with Gasteiger partial charge in [-0.2, -0.15) is 0 Å². The van der Waals surface area contributed by atoms with Crippen LogP contribution in [0.1, 0.15) is 23.2 Å². The molecular weight excluding hydrogens is 164 g/mol. The molecule has 13 heavy (non-hydrogen) atoms. The normalized spacial score (nSPS) is 20.9. The summed E-state index contributed by atoms with van der Waals surface area (Å²) >= 11 is 0. The van der Waals surface area contributed by atoms with Crippen LogP contribution < -0.4 is 0 Å². The Morgan fingerprint density at radius 3 is 2.38 bits per heavy atom. The molecule has 0 aromatic heterocycles. The first-order valence-electron chi connectivity index (χ1n) is 4.41. The van der Waals surface area contributed by atoms with Gasteiger partial charge in [-0.15, -0.1) is 0 Å². The van der Waals surface area contributed by atoms with Crippen LogP contribution in [0.5, 0.6) is 0 Å². The van der Waals surface area contributed by atoms with E-state index in [1.165, 1.54) is 0 Å². The first-order valence-corrected chi connectivity index (χ1v) is 4.41. The zero-order valence-corrected chi connectivity index (χ0v) is 7.19. The SMILES string of the molecule is O=C1CCC1C(=O)c1ccccc1. The fourth-order valence-corrected chi connectivity index (χ4v) is 1.49. The summed E-state index contributed by atoms with van der Waals surface area (Å²) in [4.78, 5) is 22.6. The standard InChI is InChI=1S/C11H10O2/c12-10-7-6-9(10)11(13)8-4-2-1-3-5-8/h1-5,9H,6-7H2. The van der Waals surface area contributed by atoms with E-state index in [1.807, 2.05) is 18.2 Å². The maximum absolute atomic E-state index is 11.6. The Morgan fingerprint density at radius 2 is 1.92 bits per heavy atom. The largest absolute Gasteiger partial charge is 0.299 e. The van der Waals surface area contributed by atoms with Gasteiger partial charge < -0.3 is 0 Å². The van der Waals surface area contributed by atoms with Gasteiger partial charge in [-0.3, -0.25) is 9.59 Å². The molecule has 2 rings (SSSR count). The van der Waals surface area contributed by atoms with E-state index in [0.29, 0.717) is 12.0 Å². The van der Waals surface area contributed by atoms with Crippen molar-refractivity contribution in [3.05, 3.63) is 35.9 Å². The number of benzene rings is 1. The lowest BCUT2D eigenvalue weighted by atomic mass is 9.78. The second-order valence-corrected chi connectivity index (χ2v) is 3.29. The molecule has 0 aliphatic heterocycles. The van der Waals surface area contributed by atoms with Crippen LogP contribution >= 0.6 is 0 Å². The molecule has 0 bridgehead atoms. The fraction of sp³-hybridized carbons (Fsp3) is 0.273. The molecule has 2 heteroatoms. The molecule has 1 aromatic rings. The Balaban J connectivity index is 2.18. The molecule has 66 valence electrons. The van der Waals surface area contributed by atoms with Crippen LogP contribution in [0.15, 0.2) is 30.3 Å². The third-order valence-corrected chi connectivity index (χ3v) is 2.44. The molecular formula is C11H10O2. The molecule has 1 unspecified atom stereocenters. The van der Waals surface area contributed by atoms with Crippen molar-refractivity contribution in [2.45, 2.75) is 12.8 Å². The van der Waals surface area contributed by atoms with Crippen LogP contribution in [0.4, 0.5) is 0 Å². The molecule has 0 amide bonds. The minimum atomic E-state index is -0.345. The number of Topliss-reactive ketones (excluding diaryl/α,β-unsaturated/α-hetero) is 2. The van der Waals surface area contributed by atoms with Crippen LogP contribution in [0.3, 0.4) is 0 Å². The van der Waals surface area contributed by atoms with E-state index < -0.39 is 0 Å².